The van der Waals surface area contributed by atoms with Crippen molar-refractivity contribution < 1.29 is 19.1 Å². The second-order valence-corrected chi connectivity index (χ2v) is 9.97. The third-order valence-corrected chi connectivity index (χ3v) is 7.38. The van der Waals surface area contributed by atoms with Crippen LogP contribution in [0.3, 0.4) is 0 Å². The van der Waals surface area contributed by atoms with Crippen LogP contribution in [-0.2, 0) is 27.2 Å². The quantitative estimate of drug-likeness (QED) is 0.150. The summed E-state index contributed by atoms with van der Waals surface area (Å²) in [7, 11) is 0. The highest BCUT2D eigenvalue weighted by atomic mass is 16.5. The minimum atomic E-state index is -0.479. The number of aliphatic imine (C=N–C) groups is 1. The number of carbonyl (C=O) groups is 2. The number of carbonyl (C=O) groups excluding carboxylic acids is 2. The van der Waals surface area contributed by atoms with Gasteiger partial charge in [-0.1, -0.05) is 66.7 Å². The van der Waals surface area contributed by atoms with Crippen LogP contribution in [0.1, 0.15) is 35.3 Å². The number of rotatable bonds is 8. The minimum absolute atomic E-state index is 0.127. The summed E-state index contributed by atoms with van der Waals surface area (Å²) in [5.41, 5.74) is 4.93. The van der Waals surface area contributed by atoms with Crippen LogP contribution in [0.2, 0.25) is 0 Å². The van der Waals surface area contributed by atoms with Gasteiger partial charge in [0.05, 0.1) is 17.9 Å². The third-order valence-electron chi connectivity index (χ3n) is 7.38. The van der Waals surface area contributed by atoms with Crippen LogP contribution < -0.4 is 0 Å². The number of aryl methyl sites for hydroxylation is 1. The SMILES string of the molecule is CCOC(=O)c1ccccc1N=C1OC(=Cc2ccc3c(c2)c2ccccc2n3CC)C(=O)N1CCc1ccccc1. The van der Waals surface area contributed by atoms with E-state index in [1.54, 1.807) is 37.3 Å². The number of nitrogens with zero attached hydrogens (tertiary/aromatic N) is 3. The van der Waals surface area contributed by atoms with Crippen molar-refractivity contribution in [2.24, 2.45) is 4.99 Å². The Labute approximate surface area is 244 Å². The zero-order valence-corrected chi connectivity index (χ0v) is 23.6. The van der Waals surface area contributed by atoms with E-state index >= 15 is 0 Å². The van der Waals surface area contributed by atoms with E-state index < -0.39 is 5.97 Å². The number of amides is 1. The Hall–Kier alpha value is -5.17. The van der Waals surface area contributed by atoms with E-state index in [4.69, 9.17) is 9.47 Å². The number of ether oxygens (including phenoxy) is 2. The molecule has 0 aliphatic carbocycles. The standard InChI is InChI=1S/C35H31N3O4/c1-3-37-30-17-11-9-14-26(30)28-22-25(18-19-31(28)37)23-32-33(39)38(21-20-24-12-6-5-7-13-24)35(42-32)36-29-16-10-8-15-27(29)34(40)41-4-2/h5-19,22-23H,3-4,20-21H2,1-2H3. The largest absolute Gasteiger partial charge is 0.462 e. The lowest BCUT2D eigenvalue weighted by atomic mass is 10.1. The third kappa shape index (κ3) is 5.17. The number of fused-ring (bicyclic) bond motifs is 3. The topological polar surface area (TPSA) is 73.1 Å². The average molecular weight is 558 g/mol. The lowest BCUT2D eigenvalue weighted by Crippen LogP contribution is -2.32. The van der Waals surface area contributed by atoms with Crippen LogP contribution in [0.4, 0.5) is 5.69 Å². The lowest BCUT2D eigenvalue weighted by Gasteiger charge is -2.14. The van der Waals surface area contributed by atoms with Crippen LogP contribution in [0, 0.1) is 0 Å². The first-order valence-corrected chi connectivity index (χ1v) is 14.2. The van der Waals surface area contributed by atoms with Crippen LogP contribution in [0.15, 0.2) is 108 Å². The molecule has 1 aromatic heterocycles. The molecular weight excluding hydrogens is 526 g/mol. The molecule has 1 fully saturated rings. The molecule has 1 aliphatic heterocycles. The molecule has 0 radical (unpaired) electrons. The van der Waals surface area contributed by atoms with Crippen molar-refractivity contribution in [2.45, 2.75) is 26.8 Å². The fourth-order valence-corrected chi connectivity index (χ4v) is 5.38. The van der Waals surface area contributed by atoms with Gasteiger partial charge in [-0.15, -0.1) is 0 Å². The number of hydrogen-bond acceptors (Lipinski definition) is 5. The first kappa shape index (κ1) is 27.0. The molecule has 1 amide bonds. The van der Waals surface area contributed by atoms with Crippen LogP contribution in [0.5, 0.6) is 0 Å². The van der Waals surface area contributed by atoms with Gasteiger partial charge in [0.2, 0.25) is 0 Å². The zero-order valence-electron chi connectivity index (χ0n) is 23.6. The van der Waals surface area contributed by atoms with Crippen molar-refractivity contribution in [3.8, 4) is 0 Å². The molecule has 1 saturated heterocycles. The number of hydrogen-bond donors (Lipinski definition) is 0. The molecule has 210 valence electrons. The lowest BCUT2D eigenvalue weighted by molar-refractivity contribution is -0.122. The average Bonchev–Trinajstić information content (AvgIpc) is 3.49. The summed E-state index contributed by atoms with van der Waals surface area (Å²) in [5, 5.41) is 2.28. The molecule has 1 aliphatic rings. The molecule has 4 aromatic carbocycles. The summed E-state index contributed by atoms with van der Waals surface area (Å²) in [6, 6.07) is 31.5. The van der Waals surface area contributed by atoms with E-state index in [1.807, 2.05) is 48.5 Å². The van der Waals surface area contributed by atoms with Gasteiger partial charge in [0, 0.05) is 34.9 Å². The minimum Gasteiger partial charge on any atom is -0.462 e. The van der Waals surface area contributed by atoms with Gasteiger partial charge in [0.15, 0.2) is 5.76 Å². The van der Waals surface area contributed by atoms with E-state index in [1.165, 1.54) is 10.4 Å². The van der Waals surface area contributed by atoms with Crippen molar-refractivity contribution in [1.82, 2.24) is 9.47 Å². The van der Waals surface area contributed by atoms with Crippen molar-refractivity contribution in [3.05, 3.63) is 120 Å². The first-order valence-electron chi connectivity index (χ1n) is 14.2. The predicted molar refractivity (Wildman–Crippen MR) is 166 cm³/mol. The highest BCUT2D eigenvalue weighted by molar-refractivity contribution is 6.13. The van der Waals surface area contributed by atoms with Gasteiger partial charge in [0.1, 0.15) is 0 Å². The van der Waals surface area contributed by atoms with Gasteiger partial charge in [-0.3, -0.25) is 9.69 Å². The van der Waals surface area contributed by atoms with Crippen LogP contribution in [-0.4, -0.2) is 40.5 Å². The number of para-hydroxylation sites is 2. The molecular formula is C35H31N3O4. The highest BCUT2D eigenvalue weighted by Crippen LogP contribution is 2.31. The molecule has 0 atom stereocenters. The number of benzene rings is 4. The second kappa shape index (κ2) is 11.7. The second-order valence-electron chi connectivity index (χ2n) is 9.97. The van der Waals surface area contributed by atoms with E-state index in [9.17, 15) is 9.59 Å². The van der Waals surface area contributed by atoms with E-state index in [2.05, 4.69) is 40.7 Å². The van der Waals surface area contributed by atoms with Gasteiger partial charge in [-0.2, -0.15) is 4.99 Å². The van der Waals surface area contributed by atoms with Gasteiger partial charge in [-0.05, 0) is 67.8 Å². The number of esters is 1. The van der Waals surface area contributed by atoms with E-state index in [0.717, 1.165) is 34.0 Å². The predicted octanol–water partition coefficient (Wildman–Crippen LogP) is 7.12. The van der Waals surface area contributed by atoms with Gasteiger partial charge >= 0.3 is 12.0 Å². The molecule has 7 nitrogen and oxygen atoms in total. The molecule has 0 saturated carbocycles. The molecule has 5 aromatic rings. The van der Waals surface area contributed by atoms with E-state index in [-0.39, 0.29) is 24.3 Å². The van der Waals surface area contributed by atoms with Gasteiger partial charge in [-0.25, -0.2) is 4.79 Å². The molecule has 6 rings (SSSR count). The summed E-state index contributed by atoms with van der Waals surface area (Å²) < 4.78 is 13.6. The Morgan fingerprint density at radius 2 is 1.62 bits per heavy atom. The molecule has 2 heterocycles. The molecule has 0 unspecified atom stereocenters. The van der Waals surface area contributed by atoms with Crippen molar-refractivity contribution in [2.75, 3.05) is 13.2 Å². The maximum Gasteiger partial charge on any atom is 0.340 e. The highest BCUT2D eigenvalue weighted by Gasteiger charge is 2.35. The fraction of sp³-hybridized carbons (Fsp3) is 0.171. The zero-order chi connectivity index (χ0) is 29.1. The van der Waals surface area contributed by atoms with Crippen LogP contribution in [0.25, 0.3) is 27.9 Å². The van der Waals surface area contributed by atoms with Crippen molar-refractivity contribution in [1.29, 1.82) is 0 Å². The number of aromatic nitrogens is 1. The molecule has 0 spiro atoms. The molecule has 0 N–H and O–H groups in total. The fourth-order valence-electron chi connectivity index (χ4n) is 5.38. The summed E-state index contributed by atoms with van der Waals surface area (Å²) >= 11 is 0. The summed E-state index contributed by atoms with van der Waals surface area (Å²) in [5.74, 6) is -0.587. The Morgan fingerprint density at radius 1 is 0.881 bits per heavy atom. The monoisotopic (exact) mass is 557 g/mol. The number of amidine groups is 1. The molecule has 7 heteroatoms. The Kier molecular flexibility index (Phi) is 7.56. The molecule has 0 bridgehead atoms. The maximum atomic E-state index is 13.7. The maximum absolute atomic E-state index is 13.7. The van der Waals surface area contributed by atoms with Crippen molar-refractivity contribution >= 4 is 51.5 Å². The van der Waals surface area contributed by atoms with Gasteiger partial charge < -0.3 is 14.0 Å². The smallest absolute Gasteiger partial charge is 0.340 e. The molecule has 42 heavy (non-hydrogen) atoms. The van der Waals surface area contributed by atoms with E-state index in [0.29, 0.717) is 24.2 Å². The Balaban J connectivity index is 1.39. The Morgan fingerprint density at radius 3 is 2.43 bits per heavy atom. The summed E-state index contributed by atoms with van der Waals surface area (Å²) in [6.45, 7) is 5.36. The summed E-state index contributed by atoms with van der Waals surface area (Å²) in [6.07, 6.45) is 2.37. The first-order chi connectivity index (χ1) is 20.6. The van der Waals surface area contributed by atoms with Crippen molar-refractivity contribution in [3.63, 3.8) is 0 Å². The normalized spacial score (nSPS) is 15.2. The van der Waals surface area contributed by atoms with Gasteiger partial charge in [0.25, 0.3) is 5.91 Å². The Bertz CT molecular complexity index is 1850. The van der Waals surface area contributed by atoms with Crippen LogP contribution >= 0.6 is 0 Å². The summed E-state index contributed by atoms with van der Waals surface area (Å²) in [4.78, 5) is 32.5.